The molecule has 3 rings (SSSR count). The average Bonchev–Trinajstić information content (AvgIpc) is 3.03. The molecule has 0 amide bonds. The van der Waals surface area contributed by atoms with Crippen molar-refractivity contribution < 1.29 is 22.4 Å². The first-order valence-corrected chi connectivity index (χ1v) is 7.12. The van der Waals surface area contributed by atoms with Gasteiger partial charge in [-0.05, 0) is 17.7 Å². The number of rotatable bonds is 4. The third-order valence-electron chi connectivity index (χ3n) is 3.50. The molecule has 0 unspecified atom stereocenters. The molecule has 0 saturated carbocycles. The molecule has 0 aliphatic heterocycles. The zero-order valence-electron chi connectivity index (χ0n) is 12.4. The molecule has 0 N–H and O–H groups in total. The van der Waals surface area contributed by atoms with Gasteiger partial charge in [-0.3, -0.25) is 4.79 Å². The fraction of sp³-hybridized carbons (Fsp3) is 0.111. The highest BCUT2D eigenvalue weighted by Crippen LogP contribution is 2.32. The molecule has 0 spiro atoms. The molecule has 1 heterocycles. The minimum atomic E-state index is -4.40. The quantitative estimate of drug-likeness (QED) is 0.647. The van der Waals surface area contributed by atoms with Gasteiger partial charge < -0.3 is 4.42 Å². The number of nitrogens with zero attached hydrogens (tertiary/aromatic N) is 1. The highest BCUT2D eigenvalue weighted by Gasteiger charge is 2.30. The van der Waals surface area contributed by atoms with Crippen molar-refractivity contribution in [3.05, 3.63) is 77.3 Å². The van der Waals surface area contributed by atoms with E-state index in [1.165, 1.54) is 12.3 Å². The number of carbonyl (C=O) groups is 1. The molecule has 6 heteroatoms. The summed E-state index contributed by atoms with van der Waals surface area (Å²) < 4.78 is 43.9. The van der Waals surface area contributed by atoms with Gasteiger partial charge in [0.2, 0.25) is 0 Å². The molecule has 0 aliphatic carbocycles. The Balaban J connectivity index is 1.81. The Kier molecular flexibility index (Phi) is 4.20. The topological polar surface area (TPSA) is 43.1 Å². The highest BCUT2D eigenvalue weighted by molar-refractivity contribution is 5.74. The van der Waals surface area contributed by atoms with Crippen LogP contribution in [0.25, 0.3) is 11.3 Å². The van der Waals surface area contributed by atoms with Crippen molar-refractivity contribution in [3.8, 4) is 11.3 Å². The molecule has 0 radical (unpaired) electrons. The van der Waals surface area contributed by atoms with Crippen LogP contribution in [0.1, 0.15) is 27.4 Å². The van der Waals surface area contributed by atoms with Crippen LogP contribution in [0.5, 0.6) is 0 Å². The average molecular weight is 331 g/mol. The monoisotopic (exact) mass is 331 g/mol. The van der Waals surface area contributed by atoms with Gasteiger partial charge in [0, 0.05) is 17.5 Å². The molecule has 2 aromatic carbocycles. The molecule has 3 aromatic rings. The first-order valence-electron chi connectivity index (χ1n) is 7.12. The second kappa shape index (κ2) is 6.31. The molecule has 122 valence electrons. The van der Waals surface area contributed by atoms with Crippen molar-refractivity contribution in [2.45, 2.75) is 12.6 Å². The van der Waals surface area contributed by atoms with Gasteiger partial charge in [0.25, 0.3) is 0 Å². The molecule has 0 aliphatic rings. The molecular weight excluding hydrogens is 319 g/mol. The first-order chi connectivity index (χ1) is 11.5. The number of hydrogen-bond acceptors (Lipinski definition) is 3. The smallest absolute Gasteiger partial charge is 0.416 e. The number of halogens is 3. The van der Waals surface area contributed by atoms with E-state index in [4.69, 9.17) is 4.42 Å². The molecule has 0 fully saturated rings. The molecule has 0 atom stereocenters. The third kappa shape index (κ3) is 3.53. The highest BCUT2D eigenvalue weighted by atomic mass is 19.4. The van der Waals surface area contributed by atoms with Crippen molar-refractivity contribution in [1.82, 2.24) is 4.98 Å². The van der Waals surface area contributed by atoms with Crippen molar-refractivity contribution in [3.63, 3.8) is 0 Å². The van der Waals surface area contributed by atoms with Crippen LogP contribution in [0, 0.1) is 0 Å². The van der Waals surface area contributed by atoms with E-state index in [0.717, 1.165) is 24.0 Å². The van der Waals surface area contributed by atoms with Crippen molar-refractivity contribution in [2.24, 2.45) is 0 Å². The van der Waals surface area contributed by atoms with E-state index in [1.807, 2.05) is 0 Å². The molecular formula is C18H12F3NO2. The summed E-state index contributed by atoms with van der Waals surface area (Å²) in [6, 6.07) is 11.8. The Morgan fingerprint density at radius 3 is 2.50 bits per heavy atom. The van der Waals surface area contributed by atoms with E-state index in [-0.39, 0.29) is 5.76 Å². The van der Waals surface area contributed by atoms with Crippen LogP contribution >= 0.6 is 0 Å². The van der Waals surface area contributed by atoms with Gasteiger partial charge in [-0.2, -0.15) is 13.2 Å². The Morgan fingerprint density at radius 2 is 1.83 bits per heavy atom. The van der Waals surface area contributed by atoms with E-state index >= 15 is 0 Å². The fourth-order valence-electron chi connectivity index (χ4n) is 2.26. The number of aromatic nitrogens is 1. The Morgan fingerprint density at radius 1 is 1.08 bits per heavy atom. The largest absolute Gasteiger partial charge is 0.440 e. The Hall–Kier alpha value is -2.89. The van der Waals surface area contributed by atoms with Gasteiger partial charge in [-0.15, -0.1) is 0 Å². The summed E-state index contributed by atoms with van der Waals surface area (Å²) in [6.07, 6.45) is -1.86. The second-order valence-corrected chi connectivity index (χ2v) is 5.23. The van der Waals surface area contributed by atoms with Crippen LogP contribution in [0.4, 0.5) is 13.2 Å². The van der Waals surface area contributed by atoms with Crippen LogP contribution in [-0.4, -0.2) is 11.3 Å². The summed E-state index contributed by atoms with van der Waals surface area (Å²) >= 11 is 0. The van der Waals surface area contributed by atoms with Crippen molar-refractivity contribution in [2.75, 3.05) is 0 Å². The van der Waals surface area contributed by atoms with Crippen LogP contribution in [-0.2, 0) is 12.6 Å². The summed E-state index contributed by atoms with van der Waals surface area (Å²) in [6.45, 7) is 0. The SMILES string of the molecule is O=Cc1ccc(Cc2ncc(-c3cccc(C(F)(F)F)c3)o2)cc1. The van der Waals surface area contributed by atoms with Crippen molar-refractivity contribution in [1.29, 1.82) is 0 Å². The van der Waals surface area contributed by atoms with Gasteiger partial charge in [-0.1, -0.05) is 36.4 Å². The predicted molar refractivity (Wildman–Crippen MR) is 81.6 cm³/mol. The van der Waals surface area contributed by atoms with E-state index in [1.54, 1.807) is 30.3 Å². The van der Waals surface area contributed by atoms with Gasteiger partial charge >= 0.3 is 6.18 Å². The molecule has 0 bridgehead atoms. The third-order valence-corrected chi connectivity index (χ3v) is 3.50. The normalized spacial score (nSPS) is 11.5. The maximum absolute atomic E-state index is 12.8. The lowest BCUT2D eigenvalue weighted by Crippen LogP contribution is -2.04. The molecule has 1 aromatic heterocycles. The lowest BCUT2D eigenvalue weighted by atomic mass is 10.1. The van der Waals surface area contributed by atoms with Crippen molar-refractivity contribution >= 4 is 6.29 Å². The lowest BCUT2D eigenvalue weighted by Gasteiger charge is -2.07. The minimum Gasteiger partial charge on any atom is -0.440 e. The predicted octanol–water partition coefficient (Wildman–Crippen LogP) is 4.76. The maximum Gasteiger partial charge on any atom is 0.416 e. The van der Waals surface area contributed by atoms with Gasteiger partial charge in [-0.25, -0.2) is 4.98 Å². The number of benzene rings is 2. The molecule has 24 heavy (non-hydrogen) atoms. The Bertz CT molecular complexity index is 851. The maximum atomic E-state index is 12.8. The summed E-state index contributed by atoms with van der Waals surface area (Å²) in [4.78, 5) is 14.7. The van der Waals surface area contributed by atoms with Crippen LogP contribution < -0.4 is 0 Å². The summed E-state index contributed by atoms with van der Waals surface area (Å²) in [5.74, 6) is 0.668. The summed E-state index contributed by atoms with van der Waals surface area (Å²) in [5.41, 5.74) is 1.04. The van der Waals surface area contributed by atoms with Gasteiger partial charge in [0.05, 0.1) is 11.8 Å². The number of aldehydes is 1. The van der Waals surface area contributed by atoms with E-state index < -0.39 is 11.7 Å². The number of oxazole rings is 1. The van der Waals surface area contributed by atoms with Crippen LogP contribution in [0.3, 0.4) is 0 Å². The zero-order chi connectivity index (χ0) is 17.2. The van der Waals surface area contributed by atoms with Crippen LogP contribution in [0.2, 0.25) is 0 Å². The number of hydrogen-bond donors (Lipinski definition) is 0. The fourth-order valence-corrected chi connectivity index (χ4v) is 2.26. The molecule has 3 nitrogen and oxygen atoms in total. The minimum absolute atomic E-state index is 0.278. The zero-order valence-corrected chi connectivity index (χ0v) is 12.4. The van der Waals surface area contributed by atoms with E-state index in [2.05, 4.69) is 4.98 Å². The summed E-state index contributed by atoms with van der Waals surface area (Å²) in [7, 11) is 0. The molecule has 0 saturated heterocycles. The summed E-state index contributed by atoms with van der Waals surface area (Å²) in [5, 5.41) is 0. The lowest BCUT2D eigenvalue weighted by molar-refractivity contribution is -0.137. The Labute approximate surface area is 135 Å². The van der Waals surface area contributed by atoms with E-state index in [9.17, 15) is 18.0 Å². The van der Waals surface area contributed by atoms with Crippen LogP contribution in [0.15, 0.2) is 59.1 Å². The van der Waals surface area contributed by atoms with Gasteiger partial charge in [0.1, 0.15) is 6.29 Å². The van der Waals surface area contributed by atoms with E-state index in [0.29, 0.717) is 23.4 Å². The first kappa shape index (κ1) is 16.0. The number of alkyl halides is 3. The second-order valence-electron chi connectivity index (χ2n) is 5.23. The number of carbonyl (C=O) groups excluding carboxylic acids is 1. The standard InChI is InChI=1S/C18H12F3NO2/c19-18(20,21)15-3-1-2-14(9-15)16-10-22-17(24-16)8-12-4-6-13(11-23)7-5-12/h1-7,9-11H,8H2. The van der Waals surface area contributed by atoms with Gasteiger partial charge in [0.15, 0.2) is 11.7 Å².